The molecular weight excluding hydrogens is 314 g/mol. The third kappa shape index (κ3) is 4.93. The summed E-state index contributed by atoms with van der Waals surface area (Å²) in [5.41, 5.74) is 3.73. The first kappa shape index (κ1) is 16.7. The SMILES string of the molecule is CC(NC(=O)C(=O)NN=Cc1ccccc1Cl)c1ccccc1. The van der Waals surface area contributed by atoms with Gasteiger partial charge in [-0.15, -0.1) is 0 Å². The molecule has 6 heteroatoms. The van der Waals surface area contributed by atoms with E-state index in [0.717, 1.165) is 5.56 Å². The first-order chi connectivity index (χ1) is 11.1. The second-order valence-electron chi connectivity index (χ2n) is 4.83. The number of rotatable bonds is 4. The highest BCUT2D eigenvalue weighted by Gasteiger charge is 2.16. The van der Waals surface area contributed by atoms with E-state index in [1.807, 2.05) is 30.3 Å². The van der Waals surface area contributed by atoms with Crippen molar-refractivity contribution in [2.24, 2.45) is 5.10 Å². The average Bonchev–Trinajstić information content (AvgIpc) is 2.57. The number of nitrogens with zero attached hydrogens (tertiary/aromatic N) is 1. The summed E-state index contributed by atoms with van der Waals surface area (Å²) in [7, 11) is 0. The average molecular weight is 330 g/mol. The Bertz CT molecular complexity index is 717. The standard InChI is InChI=1S/C17H16ClN3O2/c1-12(13-7-3-2-4-8-13)20-16(22)17(23)21-19-11-14-9-5-6-10-15(14)18/h2-12H,1H3,(H,20,22)(H,21,23). The Morgan fingerprint density at radius 1 is 1.04 bits per heavy atom. The third-order valence-electron chi connectivity index (χ3n) is 3.13. The van der Waals surface area contributed by atoms with E-state index in [9.17, 15) is 9.59 Å². The van der Waals surface area contributed by atoms with Crippen molar-refractivity contribution in [2.45, 2.75) is 13.0 Å². The molecule has 0 saturated heterocycles. The Hall–Kier alpha value is -2.66. The molecule has 5 nitrogen and oxygen atoms in total. The summed E-state index contributed by atoms with van der Waals surface area (Å²) in [5, 5.41) is 6.85. The number of benzene rings is 2. The molecule has 0 radical (unpaired) electrons. The van der Waals surface area contributed by atoms with Gasteiger partial charge in [-0.05, 0) is 18.6 Å². The molecule has 1 unspecified atom stereocenters. The Morgan fingerprint density at radius 3 is 2.39 bits per heavy atom. The molecular formula is C17H16ClN3O2. The van der Waals surface area contributed by atoms with Crippen molar-refractivity contribution in [2.75, 3.05) is 0 Å². The smallest absolute Gasteiger partial charge is 0.329 e. The first-order valence-electron chi connectivity index (χ1n) is 7.01. The molecule has 0 spiro atoms. The fourth-order valence-electron chi connectivity index (χ4n) is 1.88. The largest absolute Gasteiger partial charge is 0.341 e. The van der Waals surface area contributed by atoms with Crippen molar-refractivity contribution in [3.63, 3.8) is 0 Å². The number of carbonyl (C=O) groups is 2. The minimum atomic E-state index is -0.837. The molecule has 0 aliphatic rings. The van der Waals surface area contributed by atoms with Crippen molar-refractivity contribution in [1.82, 2.24) is 10.7 Å². The minimum absolute atomic E-state index is 0.276. The van der Waals surface area contributed by atoms with Gasteiger partial charge in [-0.3, -0.25) is 9.59 Å². The van der Waals surface area contributed by atoms with E-state index in [1.165, 1.54) is 6.21 Å². The number of nitrogens with one attached hydrogen (secondary N) is 2. The monoisotopic (exact) mass is 329 g/mol. The van der Waals surface area contributed by atoms with Crippen LogP contribution < -0.4 is 10.7 Å². The van der Waals surface area contributed by atoms with Crippen LogP contribution in [-0.2, 0) is 9.59 Å². The molecule has 0 aliphatic heterocycles. The molecule has 2 aromatic rings. The van der Waals surface area contributed by atoms with Gasteiger partial charge in [-0.2, -0.15) is 5.10 Å². The molecule has 1 atom stereocenters. The maximum Gasteiger partial charge on any atom is 0.329 e. The number of amides is 2. The fraction of sp³-hybridized carbons (Fsp3) is 0.118. The molecule has 2 N–H and O–H groups in total. The van der Waals surface area contributed by atoms with E-state index in [-0.39, 0.29) is 6.04 Å². The van der Waals surface area contributed by atoms with Gasteiger partial charge in [0.1, 0.15) is 0 Å². The van der Waals surface area contributed by atoms with E-state index in [4.69, 9.17) is 11.6 Å². The van der Waals surface area contributed by atoms with Gasteiger partial charge in [0, 0.05) is 10.6 Å². The lowest BCUT2D eigenvalue weighted by molar-refractivity contribution is -0.139. The van der Waals surface area contributed by atoms with Crippen LogP contribution in [-0.4, -0.2) is 18.0 Å². The van der Waals surface area contributed by atoms with Gasteiger partial charge in [0.15, 0.2) is 0 Å². The van der Waals surface area contributed by atoms with Crippen LogP contribution in [0.4, 0.5) is 0 Å². The lowest BCUT2D eigenvalue weighted by Gasteiger charge is -2.13. The van der Waals surface area contributed by atoms with Gasteiger partial charge < -0.3 is 5.32 Å². The maximum absolute atomic E-state index is 11.8. The highest BCUT2D eigenvalue weighted by Crippen LogP contribution is 2.12. The predicted octanol–water partition coefficient (Wildman–Crippen LogP) is 2.67. The zero-order chi connectivity index (χ0) is 16.7. The number of hydrazone groups is 1. The molecule has 2 rings (SSSR count). The van der Waals surface area contributed by atoms with E-state index >= 15 is 0 Å². The highest BCUT2D eigenvalue weighted by molar-refractivity contribution is 6.35. The van der Waals surface area contributed by atoms with Gasteiger partial charge in [0.05, 0.1) is 12.3 Å². The summed E-state index contributed by atoms with van der Waals surface area (Å²) in [6, 6.07) is 16.1. The molecule has 2 aromatic carbocycles. The molecule has 118 valence electrons. The number of halogens is 1. The van der Waals surface area contributed by atoms with Crippen LogP contribution in [0.25, 0.3) is 0 Å². The lowest BCUT2D eigenvalue weighted by Crippen LogP contribution is -2.39. The van der Waals surface area contributed by atoms with E-state index in [1.54, 1.807) is 31.2 Å². The van der Waals surface area contributed by atoms with Crippen molar-refractivity contribution < 1.29 is 9.59 Å². The zero-order valence-electron chi connectivity index (χ0n) is 12.5. The van der Waals surface area contributed by atoms with Gasteiger partial charge in [0.25, 0.3) is 0 Å². The van der Waals surface area contributed by atoms with Crippen LogP contribution >= 0.6 is 11.6 Å². The van der Waals surface area contributed by atoms with Gasteiger partial charge in [-0.1, -0.05) is 60.1 Å². The Balaban J connectivity index is 1.88. The molecule has 23 heavy (non-hydrogen) atoms. The molecule has 0 fully saturated rings. The van der Waals surface area contributed by atoms with Gasteiger partial charge >= 0.3 is 11.8 Å². The molecule has 0 heterocycles. The van der Waals surface area contributed by atoms with Crippen LogP contribution in [0.5, 0.6) is 0 Å². The van der Waals surface area contributed by atoms with E-state index in [2.05, 4.69) is 15.8 Å². The molecule has 0 aromatic heterocycles. The summed E-state index contributed by atoms with van der Waals surface area (Å²) in [6.07, 6.45) is 1.38. The van der Waals surface area contributed by atoms with Crippen molar-refractivity contribution in [3.8, 4) is 0 Å². The van der Waals surface area contributed by atoms with Crippen molar-refractivity contribution >= 4 is 29.6 Å². The fourth-order valence-corrected chi connectivity index (χ4v) is 2.06. The summed E-state index contributed by atoms with van der Waals surface area (Å²) in [5.74, 6) is -1.59. The molecule has 2 amide bonds. The Kier molecular flexibility index (Phi) is 5.88. The van der Waals surface area contributed by atoms with Crippen molar-refractivity contribution in [3.05, 3.63) is 70.7 Å². The highest BCUT2D eigenvalue weighted by atomic mass is 35.5. The first-order valence-corrected chi connectivity index (χ1v) is 7.39. The molecule has 0 aliphatic carbocycles. The zero-order valence-corrected chi connectivity index (χ0v) is 13.2. The van der Waals surface area contributed by atoms with Crippen LogP contribution in [0.1, 0.15) is 24.1 Å². The summed E-state index contributed by atoms with van der Waals surface area (Å²) in [6.45, 7) is 1.80. The number of carbonyl (C=O) groups excluding carboxylic acids is 2. The predicted molar refractivity (Wildman–Crippen MR) is 90.2 cm³/mol. The second-order valence-corrected chi connectivity index (χ2v) is 5.23. The number of hydrogen-bond acceptors (Lipinski definition) is 3. The maximum atomic E-state index is 11.8. The van der Waals surface area contributed by atoms with Crippen LogP contribution in [0.2, 0.25) is 5.02 Å². The lowest BCUT2D eigenvalue weighted by atomic mass is 10.1. The van der Waals surface area contributed by atoms with Crippen LogP contribution in [0.15, 0.2) is 59.7 Å². The Labute approximate surface area is 139 Å². The van der Waals surface area contributed by atoms with E-state index < -0.39 is 11.8 Å². The molecule has 0 saturated carbocycles. The van der Waals surface area contributed by atoms with Gasteiger partial charge in [0.2, 0.25) is 0 Å². The minimum Gasteiger partial charge on any atom is -0.341 e. The summed E-state index contributed by atoms with van der Waals surface area (Å²) in [4.78, 5) is 23.5. The third-order valence-corrected chi connectivity index (χ3v) is 3.47. The quantitative estimate of drug-likeness (QED) is 0.514. The van der Waals surface area contributed by atoms with E-state index in [0.29, 0.717) is 10.6 Å². The summed E-state index contributed by atoms with van der Waals surface area (Å²) < 4.78 is 0. The Morgan fingerprint density at radius 2 is 1.70 bits per heavy atom. The van der Waals surface area contributed by atoms with Gasteiger partial charge in [-0.25, -0.2) is 5.43 Å². The molecule has 0 bridgehead atoms. The number of hydrogen-bond donors (Lipinski definition) is 2. The normalized spacial score (nSPS) is 11.9. The second kappa shape index (κ2) is 8.10. The summed E-state index contributed by atoms with van der Waals surface area (Å²) >= 11 is 5.96. The topological polar surface area (TPSA) is 70.6 Å². The van der Waals surface area contributed by atoms with Crippen molar-refractivity contribution in [1.29, 1.82) is 0 Å². The van der Waals surface area contributed by atoms with Crippen LogP contribution in [0.3, 0.4) is 0 Å². The van der Waals surface area contributed by atoms with Crippen LogP contribution in [0, 0.1) is 0 Å².